The third-order valence-electron chi connectivity index (χ3n) is 3.56. The lowest BCUT2D eigenvalue weighted by atomic mass is 10.2. The minimum absolute atomic E-state index is 0.299. The van der Waals surface area contributed by atoms with Crippen molar-refractivity contribution in [3.63, 3.8) is 0 Å². The maximum absolute atomic E-state index is 12.4. The zero-order valence-corrected chi connectivity index (χ0v) is 14.1. The van der Waals surface area contributed by atoms with Crippen LogP contribution < -0.4 is 10.9 Å². The summed E-state index contributed by atoms with van der Waals surface area (Å²) >= 11 is 1.49. The van der Waals surface area contributed by atoms with E-state index in [0.717, 1.165) is 4.68 Å². The van der Waals surface area contributed by atoms with Crippen molar-refractivity contribution in [3.05, 3.63) is 34.6 Å². The lowest BCUT2D eigenvalue weighted by Crippen LogP contribution is -2.45. The smallest absolute Gasteiger partial charge is 0.326 e. The minimum Gasteiger partial charge on any atom is -0.480 e. The molecule has 2 atom stereocenters. The number of carboxylic acids is 1. The summed E-state index contributed by atoms with van der Waals surface area (Å²) in [6.45, 7) is 1.48. The van der Waals surface area contributed by atoms with Gasteiger partial charge in [0.05, 0.1) is 5.39 Å². The molecule has 0 saturated heterocycles. The molecule has 9 heteroatoms. The third-order valence-corrected chi connectivity index (χ3v) is 4.21. The standard InChI is InChI=1S/C15H18N4O4S/c1-9(13(20)16-12(15(22)23)7-8-24-2)19-14(21)10-5-3-4-6-11(10)17-18-19/h3-6,9,12H,7-8H2,1-2H3,(H,16,20)(H,22,23)/t9-,12-/m0/s1. The number of carbonyl (C=O) groups excluding carboxylic acids is 1. The van der Waals surface area contributed by atoms with E-state index in [9.17, 15) is 19.5 Å². The number of amides is 1. The van der Waals surface area contributed by atoms with E-state index in [4.69, 9.17) is 0 Å². The number of aromatic nitrogens is 3. The number of hydrogen-bond donors (Lipinski definition) is 2. The predicted molar refractivity (Wildman–Crippen MR) is 91.1 cm³/mol. The maximum atomic E-state index is 12.4. The largest absolute Gasteiger partial charge is 0.480 e. The van der Waals surface area contributed by atoms with Crippen LogP contribution in [-0.4, -0.2) is 50.0 Å². The lowest BCUT2D eigenvalue weighted by molar-refractivity contribution is -0.142. The molecule has 1 amide bonds. The van der Waals surface area contributed by atoms with Crippen molar-refractivity contribution in [3.8, 4) is 0 Å². The molecule has 8 nitrogen and oxygen atoms in total. The molecule has 2 rings (SSSR count). The normalized spacial score (nSPS) is 13.4. The van der Waals surface area contributed by atoms with Gasteiger partial charge in [-0.05, 0) is 37.5 Å². The topological polar surface area (TPSA) is 114 Å². The van der Waals surface area contributed by atoms with Gasteiger partial charge in [-0.3, -0.25) is 9.59 Å². The molecule has 1 heterocycles. The van der Waals surface area contributed by atoms with Crippen LogP contribution in [0, 0.1) is 0 Å². The first-order chi connectivity index (χ1) is 11.5. The highest BCUT2D eigenvalue weighted by atomic mass is 32.2. The second-order valence-electron chi connectivity index (χ2n) is 5.21. The van der Waals surface area contributed by atoms with E-state index in [0.29, 0.717) is 23.1 Å². The Labute approximate surface area is 142 Å². The number of thioether (sulfide) groups is 1. The van der Waals surface area contributed by atoms with Gasteiger partial charge >= 0.3 is 5.97 Å². The Morgan fingerprint density at radius 3 is 2.75 bits per heavy atom. The van der Waals surface area contributed by atoms with Crippen molar-refractivity contribution >= 4 is 34.5 Å². The van der Waals surface area contributed by atoms with Crippen molar-refractivity contribution in [2.45, 2.75) is 25.4 Å². The fourth-order valence-corrected chi connectivity index (χ4v) is 2.62. The molecular weight excluding hydrogens is 332 g/mol. The summed E-state index contributed by atoms with van der Waals surface area (Å²) in [5.74, 6) is -1.10. The summed E-state index contributed by atoms with van der Waals surface area (Å²) in [6, 6.07) is 4.72. The second kappa shape index (κ2) is 7.91. The number of nitrogens with one attached hydrogen (secondary N) is 1. The number of carboxylic acid groups (broad SMARTS) is 1. The van der Waals surface area contributed by atoms with Crippen LogP contribution in [0.3, 0.4) is 0 Å². The van der Waals surface area contributed by atoms with Crippen LogP contribution in [0.15, 0.2) is 29.1 Å². The molecule has 0 aliphatic rings. The molecular formula is C15H18N4O4S. The molecule has 0 unspecified atom stereocenters. The summed E-state index contributed by atoms with van der Waals surface area (Å²) in [4.78, 5) is 35.9. The molecule has 1 aromatic carbocycles. The fraction of sp³-hybridized carbons (Fsp3) is 0.400. The van der Waals surface area contributed by atoms with E-state index in [2.05, 4.69) is 15.6 Å². The number of benzene rings is 1. The molecule has 0 aliphatic heterocycles. The molecule has 128 valence electrons. The Hall–Kier alpha value is -2.42. The molecule has 0 radical (unpaired) electrons. The number of rotatable bonds is 7. The summed E-state index contributed by atoms with van der Waals surface area (Å²) < 4.78 is 0.963. The van der Waals surface area contributed by atoms with Crippen molar-refractivity contribution in [1.82, 2.24) is 20.3 Å². The SMILES string of the molecule is CSCC[C@H](NC(=O)[C@H](C)n1nnc2ccccc2c1=O)C(=O)O. The molecule has 1 aromatic heterocycles. The van der Waals surface area contributed by atoms with E-state index < -0.39 is 29.5 Å². The van der Waals surface area contributed by atoms with Crippen LogP contribution in [0.25, 0.3) is 10.9 Å². The second-order valence-corrected chi connectivity index (χ2v) is 6.20. The Bertz CT molecular complexity index is 807. The zero-order chi connectivity index (χ0) is 17.7. The molecule has 0 aliphatic carbocycles. The fourth-order valence-electron chi connectivity index (χ4n) is 2.15. The maximum Gasteiger partial charge on any atom is 0.326 e. The average molecular weight is 350 g/mol. The Kier molecular flexibility index (Phi) is 5.91. The highest BCUT2D eigenvalue weighted by Crippen LogP contribution is 2.08. The Balaban J connectivity index is 2.23. The Morgan fingerprint density at radius 2 is 2.08 bits per heavy atom. The highest BCUT2D eigenvalue weighted by molar-refractivity contribution is 7.98. The van der Waals surface area contributed by atoms with Crippen LogP contribution in [0.2, 0.25) is 0 Å². The number of nitrogens with zero attached hydrogens (tertiary/aromatic N) is 3. The van der Waals surface area contributed by atoms with Gasteiger partial charge in [0, 0.05) is 0 Å². The van der Waals surface area contributed by atoms with E-state index in [1.54, 1.807) is 24.3 Å². The number of hydrogen-bond acceptors (Lipinski definition) is 6. The van der Waals surface area contributed by atoms with Crippen molar-refractivity contribution < 1.29 is 14.7 Å². The number of fused-ring (bicyclic) bond motifs is 1. The first kappa shape index (κ1) is 17.9. The van der Waals surface area contributed by atoms with Gasteiger partial charge in [0.1, 0.15) is 17.6 Å². The van der Waals surface area contributed by atoms with Crippen LogP contribution >= 0.6 is 11.8 Å². The molecule has 2 aromatic rings. The van der Waals surface area contributed by atoms with E-state index in [1.165, 1.54) is 18.7 Å². The molecule has 0 bridgehead atoms. The third kappa shape index (κ3) is 3.91. The van der Waals surface area contributed by atoms with E-state index in [-0.39, 0.29) is 0 Å². The first-order valence-electron chi connectivity index (χ1n) is 7.32. The summed E-state index contributed by atoms with van der Waals surface area (Å²) in [5.41, 5.74) is -0.00557. The summed E-state index contributed by atoms with van der Waals surface area (Å²) in [7, 11) is 0. The summed E-state index contributed by atoms with van der Waals surface area (Å²) in [5, 5.41) is 19.7. The van der Waals surface area contributed by atoms with Crippen molar-refractivity contribution in [2.75, 3.05) is 12.0 Å². The van der Waals surface area contributed by atoms with Crippen molar-refractivity contribution in [2.24, 2.45) is 0 Å². The van der Waals surface area contributed by atoms with Gasteiger partial charge in [-0.15, -0.1) is 5.10 Å². The van der Waals surface area contributed by atoms with Gasteiger partial charge in [-0.25, -0.2) is 4.79 Å². The molecule has 24 heavy (non-hydrogen) atoms. The quantitative estimate of drug-likeness (QED) is 0.754. The zero-order valence-electron chi connectivity index (χ0n) is 13.3. The predicted octanol–water partition coefficient (Wildman–Crippen LogP) is 0.675. The summed E-state index contributed by atoms with van der Waals surface area (Å²) in [6.07, 6.45) is 2.15. The van der Waals surface area contributed by atoms with Crippen LogP contribution in [0.1, 0.15) is 19.4 Å². The van der Waals surface area contributed by atoms with Crippen molar-refractivity contribution in [1.29, 1.82) is 0 Å². The molecule has 0 spiro atoms. The molecule has 0 fully saturated rings. The van der Waals surface area contributed by atoms with Gasteiger partial charge in [0.15, 0.2) is 0 Å². The van der Waals surface area contributed by atoms with Gasteiger partial charge < -0.3 is 10.4 Å². The van der Waals surface area contributed by atoms with Crippen LogP contribution in [0.5, 0.6) is 0 Å². The lowest BCUT2D eigenvalue weighted by Gasteiger charge is -2.18. The first-order valence-corrected chi connectivity index (χ1v) is 8.71. The van der Waals surface area contributed by atoms with Gasteiger partial charge in [-0.2, -0.15) is 16.4 Å². The minimum atomic E-state index is -1.11. The van der Waals surface area contributed by atoms with Crippen LogP contribution in [0.4, 0.5) is 0 Å². The highest BCUT2D eigenvalue weighted by Gasteiger charge is 2.25. The van der Waals surface area contributed by atoms with Gasteiger partial charge in [0.25, 0.3) is 5.56 Å². The number of aliphatic carboxylic acids is 1. The van der Waals surface area contributed by atoms with Gasteiger partial charge in [0.2, 0.25) is 5.91 Å². The van der Waals surface area contributed by atoms with E-state index in [1.807, 2.05) is 6.26 Å². The van der Waals surface area contributed by atoms with E-state index >= 15 is 0 Å². The Morgan fingerprint density at radius 1 is 1.38 bits per heavy atom. The number of carbonyl (C=O) groups is 2. The monoisotopic (exact) mass is 350 g/mol. The van der Waals surface area contributed by atoms with Crippen LogP contribution in [-0.2, 0) is 9.59 Å². The molecule has 2 N–H and O–H groups in total. The average Bonchev–Trinajstić information content (AvgIpc) is 2.58. The van der Waals surface area contributed by atoms with Gasteiger partial charge in [-0.1, -0.05) is 17.3 Å². The molecule has 0 saturated carbocycles.